The Morgan fingerprint density at radius 2 is 1.63 bits per heavy atom. The van der Waals surface area contributed by atoms with E-state index < -0.39 is 28.0 Å². The fourth-order valence-electron chi connectivity index (χ4n) is 6.87. The molecule has 1 aliphatic rings. The van der Waals surface area contributed by atoms with Crippen molar-refractivity contribution in [2.75, 3.05) is 14.2 Å². The molecule has 0 spiro atoms. The number of fused-ring (bicyclic) bond motifs is 1. The van der Waals surface area contributed by atoms with Gasteiger partial charge in [0.05, 0.1) is 13.2 Å². The molecule has 51 heavy (non-hydrogen) atoms. The van der Waals surface area contributed by atoms with Crippen molar-refractivity contribution < 1.29 is 22.7 Å². The Labute approximate surface area is 307 Å². The molecule has 0 unspecified atom stereocenters. The number of hydrogen-bond donors (Lipinski definition) is 2. The summed E-state index contributed by atoms with van der Waals surface area (Å²) in [7, 11) is -0.727. The Bertz CT molecular complexity index is 1900. The van der Waals surface area contributed by atoms with Gasteiger partial charge in [-0.15, -0.1) is 11.3 Å². The van der Waals surface area contributed by atoms with E-state index in [1.807, 2.05) is 56.3 Å². The van der Waals surface area contributed by atoms with E-state index in [2.05, 4.69) is 40.9 Å². The Kier molecular flexibility index (Phi) is 12.6. The molecule has 1 aromatic heterocycles. The summed E-state index contributed by atoms with van der Waals surface area (Å²) >= 11 is 1.18. The second-order valence-electron chi connectivity index (χ2n) is 14.2. The molecule has 2 heterocycles. The van der Waals surface area contributed by atoms with Crippen molar-refractivity contribution in [2.24, 2.45) is 0 Å². The van der Waals surface area contributed by atoms with Crippen LogP contribution in [0.2, 0.25) is 0 Å². The number of amides is 2. The minimum Gasteiger partial charge on any atom is -0.497 e. The molecule has 0 saturated carbocycles. The molecular formula is C40H52N4O5S2. The number of hydrogen-bond acceptors (Lipinski definition) is 7. The van der Waals surface area contributed by atoms with Gasteiger partial charge in [0, 0.05) is 54.6 Å². The topological polar surface area (TPSA) is 108 Å². The van der Waals surface area contributed by atoms with E-state index >= 15 is 0 Å². The molecule has 2 N–H and O–H groups in total. The Morgan fingerprint density at radius 1 is 0.980 bits per heavy atom. The minimum atomic E-state index is -4.04. The highest BCUT2D eigenvalue weighted by Crippen LogP contribution is 2.37. The monoisotopic (exact) mass is 732 g/mol. The summed E-state index contributed by atoms with van der Waals surface area (Å²) in [6, 6.07) is 22.2. The number of likely N-dealkylation sites (N-methyl/N-ethyl adjacent to an activating group) is 1. The van der Waals surface area contributed by atoms with Crippen LogP contribution in [-0.2, 0) is 32.6 Å². The normalized spacial score (nSPS) is 18.0. The number of nitrogens with zero attached hydrogens (tertiary/aromatic N) is 2. The van der Waals surface area contributed by atoms with Crippen LogP contribution in [0.4, 0.5) is 0 Å². The zero-order valence-corrected chi connectivity index (χ0v) is 32.4. The molecule has 11 heteroatoms. The molecular weight excluding hydrogens is 681 g/mol. The second kappa shape index (κ2) is 16.7. The smallest absolute Gasteiger partial charge is 0.250 e. The van der Waals surface area contributed by atoms with Crippen molar-refractivity contribution in [1.29, 1.82) is 0 Å². The number of carbonyl (C=O) groups is 2. The SMILES string of the molecule is COc1ccc2sc(S(=O)(=O)N[C@H](CC(=O)N[C@H](Cc3ccc(CN4[C@H](C)CCC[C@@H]4C)cc3)C(=O)N(C)C(C)C)c3ccccc3)c(C)c2c1. The first-order chi connectivity index (χ1) is 24.3. The zero-order valence-electron chi connectivity index (χ0n) is 30.8. The van der Waals surface area contributed by atoms with Gasteiger partial charge in [-0.25, -0.2) is 13.1 Å². The third-order valence-electron chi connectivity index (χ3n) is 10.2. The lowest BCUT2D eigenvalue weighted by atomic mass is 9.96. The van der Waals surface area contributed by atoms with Crippen molar-refractivity contribution >= 4 is 43.3 Å². The lowest BCUT2D eigenvalue weighted by Crippen LogP contribution is -2.50. The summed E-state index contributed by atoms with van der Waals surface area (Å²) in [6.07, 6.45) is 3.81. The number of thiophene rings is 1. The predicted octanol–water partition coefficient (Wildman–Crippen LogP) is 6.99. The molecule has 9 nitrogen and oxygen atoms in total. The third kappa shape index (κ3) is 9.37. The van der Waals surface area contributed by atoms with E-state index in [0.717, 1.165) is 22.2 Å². The molecule has 5 rings (SSSR count). The van der Waals surface area contributed by atoms with Crippen LogP contribution in [0.1, 0.15) is 81.7 Å². The van der Waals surface area contributed by atoms with Crippen LogP contribution in [0.5, 0.6) is 5.75 Å². The number of piperidine rings is 1. The number of carbonyl (C=O) groups excluding carboxylic acids is 2. The van der Waals surface area contributed by atoms with Crippen LogP contribution < -0.4 is 14.8 Å². The van der Waals surface area contributed by atoms with Gasteiger partial charge in [0.1, 0.15) is 16.0 Å². The molecule has 2 amide bonds. The molecule has 4 atom stereocenters. The predicted molar refractivity (Wildman–Crippen MR) is 206 cm³/mol. The fourth-order valence-corrected chi connectivity index (χ4v) is 9.85. The molecule has 3 aromatic carbocycles. The number of benzene rings is 3. The quantitative estimate of drug-likeness (QED) is 0.145. The summed E-state index contributed by atoms with van der Waals surface area (Å²) in [5, 5.41) is 3.78. The van der Waals surface area contributed by atoms with Crippen LogP contribution in [0, 0.1) is 6.92 Å². The van der Waals surface area contributed by atoms with Gasteiger partial charge in [-0.3, -0.25) is 14.5 Å². The number of ether oxygens (including phenoxy) is 1. The Morgan fingerprint density at radius 3 is 2.25 bits per heavy atom. The lowest BCUT2D eigenvalue weighted by Gasteiger charge is -2.39. The molecule has 0 aliphatic carbocycles. The maximum absolute atomic E-state index is 13.9. The van der Waals surface area contributed by atoms with Gasteiger partial charge >= 0.3 is 0 Å². The van der Waals surface area contributed by atoms with Crippen molar-refractivity contribution in [1.82, 2.24) is 19.8 Å². The molecule has 4 aromatic rings. The number of nitrogens with one attached hydrogen (secondary N) is 2. The summed E-state index contributed by atoms with van der Waals surface area (Å²) < 4.78 is 37.1. The largest absolute Gasteiger partial charge is 0.497 e. The van der Waals surface area contributed by atoms with Gasteiger partial charge in [-0.2, -0.15) is 0 Å². The van der Waals surface area contributed by atoms with E-state index in [9.17, 15) is 18.0 Å². The van der Waals surface area contributed by atoms with Gasteiger partial charge < -0.3 is 15.0 Å². The number of rotatable bonds is 14. The van der Waals surface area contributed by atoms with Gasteiger partial charge in [-0.1, -0.05) is 61.0 Å². The number of likely N-dealkylation sites (tertiary alicyclic amines) is 1. The molecule has 1 fully saturated rings. The van der Waals surface area contributed by atoms with E-state index in [4.69, 9.17) is 4.74 Å². The zero-order chi connectivity index (χ0) is 36.9. The van der Waals surface area contributed by atoms with Gasteiger partial charge in [-0.05, 0) is 87.9 Å². The van der Waals surface area contributed by atoms with E-state index in [-0.39, 0.29) is 22.6 Å². The first-order valence-electron chi connectivity index (χ1n) is 17.8. The number of methoxy groups -OCH3 is 1. The summed E-state index contributed by atoms with van der Waals surface area (Å²) in [6.45, 7) is 11.1. The summed E-state index contributed by atoms with van der Waals surface area (Å²) in [4.78, 5) is 31.8. The van der Waals surface area contributed by atoms with E-state index in [0.29, 0.717) is 35.4 Å². The fraction of sp³-hybridized carbons (Fsp3) is 0.450. The first kappa shape index (κ1) is 38.5. The van der Waals surface area contributed by atoms with E-state index in [1.54, 1.807) is 44.2 Å². The van der Waals surface area contributed by atoms with Crippen molar-refractivity contribution in [3.05, 3.63) is 95.1 Å². The van der Waals surface area contributed by atoms with Crippen LogP contribution in [0.3, 0.4) is 0 Å². The third-order valence-corrected chi connectivity index (χ3v) is 13.6. The Hall–Kier alpha value is -3.77. The van der Waals surface area contributed by atoms with Crippen LogP contribution in [-0.4, -0.2) is 68.4 Å². The molecule has 1 saturated heterocycles. The highest BCUT2D eigenvalue weighted by atomic mass is 32.2. The summed E-state index contributed by atoms with van der Waals surface area (Å²) in [5.74, 6) is 0.0140. The second-order valence-corrected chi connectivity index (χ2v) is 17.1. The summed E-state index contributed by atoms with van der Waals surface area (Å²) in [5.41, 5.74) is 3.42. The van der Waals surface area contributed by atoms with Gasteiger partial charge in [0.2, 0.25) is 11.8 Å². The standard InChI is InChI=1S/C40H52N4O5S2/c1-26(2)43(6)39(46)36(22-30-16-18-31(19-17-30)25-44-27(3)12-11-13-28(44)4)41-38(45)24-35(32-14-9-8-10-15-32)42-51(47,48)40-29(5)34-23-33(49-7)20-21-37(34)50-40/h8-10,14-21,23,26-28,35-36,42H,11-13,22,24-25H2,1-7H3,(H,41,45)/t27-,28+,35-,36-/m1/s1. The molecule has 274 valence electrons. The molecule has 0 bridgehead atoms. The van der Waals surface area contributed by atoms with Crippen LogP contribution in [0.25, 0.3) is 10.1 Å². The minimum absolute atomic E-state index is 0.0683. The van der Waals surface area contributed by atoms with Crippen molar-refractivity contribution in [2.45, 2.75) is 108 Å². The van der Waals surface area contributed by atoms with Gasteiger partial charge in [0.25, 0.3) is 10.0 Å². The Balaban J connectivity index is 1.35. The van der Waals surface area contributed by atoms with Gasteiger partial charge in [0.15, 0.2) is 0 Å². The molecule has 0 radical (unpaired) electrons. The first-order valence-corrected chi connectivity index (χ1v) is 20.1. The van der Waals surface area contributed by atoms with Crippen LogP contribution in [0.15, 0.2) is 77.0 Å². The maximum atomic E-state index is 13.9. The number of aryl methyl sites for hydroxylation is 1. The molecule has 1 aliphatic heterocycles. The average Bonchev–Trinajstić information content (AvgIpc) is 3.45. The number of sulfonamides is 1. The van der Waals surface area contributed by atoms with Crippen molar-refractivity contribution in [3.8, 4) is 5.75 Å². The highest BCUT2D eigenvalue weighted by molar-refractivity contribution is 7.91. The van der Waals surface area contributed by atoms with E-state index in [1.165, 1.54) is 36.2 Å². The highest BCUT2D eigenvalue weighted by Gasteiger charge is 2.31. The van der Waals surface area contributed by atoms with Crippen LogP contribution >= 0.6 is 11.3 Å². The van der Waals surface area contributed by atoms with Crippen molar-refractivity contribution in [3.63, 3.8) is 0 Å². The lowest BCUT2D eigenvalue weighted by molar-refractivity contribution is -0.136. The average molecular weight is 733 g/mol. The maximum Gasteiger partial charge on any atom is 0.250 e.